The molecule has 0 bridgehead atoms. The molecule has 3 aromatic carbocycles. The third-order valence-electron chi connectivity index (χ3n) is 6.68. The number of hydrogen-bond acceptors (Lipinski definition) is 10. The highest BCUT2D eigenvalue weighted by atomic mass is 35.5. The quantitative estimate of drug-likeness (QED) is 0.0391. The Balaban J connectivity index is 0.000000900. The Morgan fingerprint density at radius 2 is 1.61 bits per heavy atom. The lowest BCUT2D eigenvalue weighted by atomic mass is 10.0. The molecule has 0 aromatic heterocycles. The van der Waals surface area contributed by atoms with E-state index >= 15 is 0 Å². The van der Waals surface area contributed by atoms with Crippen LogP contribution < -0.4 is 19.8 Å². The summed E-state index contributed by atoms with van der Waals surface area (Å²) in [6.07, 6.45) is 0.789. The van der Waals surface area contributed by atoms with Gasteiger partial charge in [-0.05, 0) is 85.6 Å². The van der Waals surface area contributed by atoms with Gasteiger partial charge in [0.25, 0.3) is 0 Å². The minimum atomic E-state index is -4.56. The molecule has 0 radical (unpaired) electrons. The van der Waals surface area contributed by atoms with Crippen LogP contribution in [0.1, 0.15) is 47.8 Å². The number of nitrogens with zero attached hydrogens (tertiary/aromatic N) is 1. The largest absolute Gasteiger partial charge is 0.778 e. The van der Waals surface area contributed by atoms with Crippen LogP contribution in [0.2, 0.25) is 10.0 Å². The van der Waals surface area contributed by atoms with Gasteiger partial charge in [0.1, 0.15) is 31.7 Å². The number of ether oxygens (including phenoxy) is 3. The number of nitrogens with one attached hydrogen (secondary N) is 1. The maximum atomic E-state index is 12.7. The van der Waals surface area contributed by atoms with Crippen LogP contribution in [0, 0.1) is 6.92 Å². The summed E-state index contributed by atoms with van der Waals surface area (Å²) < 4.78 is 63.4. The van der Waals surface area contributed by atoms with Crippen molar-refractivity contribution in [3.63, 3.8) is 0 Å². The number of aliphatic carboxylic acids is 2. The van der Waals surface area contributed by atoms with Gasteiger partial charge in [0.05, 0.1) is 58.5 Å². The molecule has 3 rings (SSSR count). The lowest BCUT2D eigenvalue weighted by Crippen LogP contribution is -2.35. The van der Waals surface area contributed by atoms with E-state index < -0.39 is 56.2 Å². The number of carbonyl (C=O) groups excluding carboxylic acids is 2. The number of hydrogen-bond donors (Lipinski definition) is 4. The molecular formula is C37H47Cl3F3N2O12PS. The predicted molar refractivity (Wildman–Crippen MR) is 221 cm³/mol. The van der Waals surface area contributed by atoms with Gasteiger partial charge in [0.15, 0.2) is 6.10 Å². The number of amides is 1. The van der Waals surface area contributed by atoms with Crippen LogP contribution in [-0.4, -0.2) is 95.8 Å². The van der Waals surface area contributed by atoms with Gasteiger partial charge in [-0.1, -0.05) is 48.3 Å². The number of rotatable bonds is 15. The number of carboxylic acids is 2. The van der Waals surface area contributed by atoms with E-state index in [0.29, 0.717) is 23.6 Å². The molecule has 0 saturated heterocycles. The Kier molecular flexibility index (Phi) is 25.6. The Morgan fingerprint density at radius 3 is 2.08 bits per heavy atom. The van der Waals surface area contributed by atoms with Crippen molar-refractivity contribution in [2.75, 3.05) is 55.7 Å². The molecule has 0 aliphatic rings. The summed E-state index contributed by atoms with van der Waals surface area (Å²) in [5, 5.41) is 18.4. The molecule has 59 heavy (non-hydrogen) atoms. The molecule has 0 heterocycles. The fourth-order valence-corrected chi connectivity index (χ4v) is 5.05. The average molecular weight is 938 g/mol. The molecule has 4 N–H and O–H groups in total. The minimum Gasteiger partial charge on any atom is -0.778 e. The van der Waals surface area contributed by atoms with Gasteiger partial charge in [-0.25, -0.2) is 9.59 Å². The SMILES string of the molecule is CCOCN(C(=O)CCl)c1c(C)cccc1CC.C[C@H](OC(=O)c1cc(Oc2ccc(C(F)(F)F)cc2Cl)ccc1Cl)C(=O)O.C[S+](C)C.O=C(O)CNCP(=O)([O-])O. The molecule has 0 saturated carbocycles. The van der Waals surface area contributed by atoms with Gasteiger partial charge in [-0.2, -0.15) is 13.2 Å². The highest BCUT2D eigenvalue weighted by Crippen LogP contribution is 2.37. The van der Waals surface area contributed by atoms with Crippen LogP contribution in [0.5, 0.6) is 11.5 Å². The Morgan fingerprint density at radius 1 is 1.00 bits per heavy atom. The maximum absolute atomic E-state index is 12.7. The van der Waals surface area contributed by atoms with Crippen LogP contribution in [0.4, 0.5) is 18.9 Å². The number of aryl methyl sites for hydroxylation is 2. The van der Waals surface area contributed by atoms with E-state index in [-0.39, 0.29) is 45.6 Å². The topological polar surface area (TPSA) is 212 Å². The van der Waals surface area contributed by atoms with Crippen molar-refractivity contribution in [1.82, 2.24) is 5.32 Å². The normalized spacial score (nSPS) is 12.2. The van der Waals surface area contributed by atoms with Crippen molar-refractivity contribution < 1.29 is 71.1 Å². The Labute approximate surface area is 358 Å². The second-order valence-corrected chi connectivity index (χ2v) is 17.2. The smallest absolute Gasteiger partial charge is 0.416 e. The van der Waals surface area contributed by atoms with Crippen molar-refractivity contribution in [1.29, 1.82) is 0 Å². The second kappa shape index (κ2) is 27.3. The number of benzene rings is 3. The first-order valence-corrected chi connectivity index (χ1v) is 22.5. The van der Waals surface area contributed by atoms with Gasteiger partial charge < -0.3 is 38.8 Å². The number of alkyl halides is 4. The first kappa shape index (κ1) is 55.4. The van der Waals surface area contributed by atoms with Gasteiger partial charge >= 0.3 is 24.1 Å². The summed E-state index contributed by atoms with van der Waals surface area (Å²) in [5.41, 5.74) is 2.01. The zero-order valence-corrected chi connectivity index (χ0v) is 37.1. The van der Waals surface area contributed by atoms with Crippen LogP contribution in [-0.2, 0) is 51.9 Å². The van der Waals surface area contributed by atoms with Crippen molar-refractivity contribution >= 4 is 82.8 Å². The molecule has 0 aliphatic carbocycles. The molecule has 14 nitrogen and oxygen atoms in total. The molecule has 330 valence electrons. The molecule has 3 aromatic rings. The fourth-order valence-electron chi connectivity index (χ4n) is 4.10. The van der Waals surface area contributed by atoms with Crippen molar-refractivity contribution in [2.24, 2.45) is 0 Å². The Bertz CT molecular complexity index is 1880. The molecule has 22 heteroatoms. The lowest BCUT2D eigenvalue weighted by Gasteiger charge is -2.25. The minimum absolute atomic E-state index is 0.0246. The van der Waals surface area contributed by atoms with E-state index in [4.69, 9.17) is 64.1 Å². The van der Waals surface area contributed by atoms with Crippen LogP contribution in [0.25, 0.3) is 0 Å². The lowest BCUT2D eigenvalue weighted by molar-refractivity contribution is -0.193. The summed E-state index contributed by atoms with van der Waals surface area (Å²) in [6, 6.07) is 12.4. The standard InChI is InChI=1S/C17H11Cl2F3O5.C14H20ClNO2.C3H8NO5P.C3H9S/c1-8(15(23)24)26-16(25)11-7-10(3-4-12(11)18)27-14-5-2-9(6-13(14)19)17(20,21)22;1-4-12-8-6-7-11(3)14(12)16(10-18-5-2)13(17)9-15;5-3(6)1-4-2-10(7,8)9;1-4(2)3/h2-8H,1H3,(H,23,24);6-8H,4-5,9-10H2,1-3H3;4H,1-2H2,(H,5,6)(H2,7,8,9);1-3H3/q;;;+1/p-1/t8-;;;/m0.../s1. The van der Waals surface area contributed by atoms with E-state index in [2.05, 4.69) is 25.7 Å². The Hall–Kier alpha value is -3.58. The molecule has 2 atom stereocenters. The van der Waals surface area contributed by atoms with E-state index in [9.17, 15) is 41.8 Å². The van der Waals surface area contributed by atoms with Crippen LogP contribution in [0.3, 0.4) is 0 Å². The average Bonchev–Trinajstić information content (AvgIpc) is 3.12. The summed E-state index contributed by atoms with van der Waals surface area (Å²) in [7, 11) is -3.71. The molecule has 0 aliphatic heterocycles. The third kappa shape index (κ3) is 22.6. The number of para-hydroxylation sites is 1. The number of esters is 1. The second-order valence-electron chi connectivity index (χ2n) is 12.1. The van der Waals surface area contributed by atoms with E-state index in [1.807, 2.05) is 37.4 Å². The van der Waals surface area contributed by atoms with Gasteiger partial charge in [0.2, 0.25) is 5.91 Å². The summed E-state index contributed by atoms with van der Waals surface area (Å²) >= 11 is 17.4. The first-order chi connectivity index (χ1) is 27.3. The number of halogens is 6. The monoisotopic (exact) mass is 936 g/mol. The number of anilines is 1. The van der Waals surface area contributed by atoms with E-state index in [1.54, 1.807) is 4.90 Å². The zero-order chi connectivity index (χ0) is 45.7. The van der Waals surface area contributed by atoms with Crippen LogP contribution >= 0.6 is 42.4 Å². The highest BCUT2D eigenvalue weighted by Gasteiger charge is 2.31. The fraction of sp³-hybridized carbons (Fsp3) is 0.405. The van der Waals surface area contributed by atoms with Gasteiger partial charge in [-0.15, -0.1) is 11.6 Å². The van der Waals surface area contributed by atoms with Gasteiger partial charge in [-0.3, -0.25) is 19.8 Å². The summed E-state index contributed by atoms with van der Waals surface area (Å²) in [6.45, 7) is 7.47. The predicted octanol–water partition coefficient (Wildman–Crippen LogP) is 7.22. The van der Waals surface area contributed by atoms with Crippen LogP contribution in [0.15, 0.2) is 54.6 Å². The molecule has 1 amide bonds. The van der Waals surface area contributed by atoms with E-state index in [0.717, 1.165) is 48.4 Å². The number of carboxylic acid groups (broad SMARTS) is 2. The summed E-state index contributed by atoms with van der Waals surface area (Å²) in [4.78, 5) is 64.1. The summed E-state index contributed by atoms with van der Waals surface area (Å²) in [5.74, 6) is -3.73. The highest BCUT2D eigenvalue weighted by molar-refractivity contribution is 7.94. The number of carbonyl (C=O) groups is 4. The van der Waals surface area contributed by atoms with Crippen molar-refractivity contribution in [2.45, 2.75) is 46.4 Å². The maximum Gasteiger partial charge on any atom is 0.416 e. The molecule has 0 fully saturated rings. The zero-order valence-electron chi connectivity index (χ0n) is 33.1. The van der Waals surface area contributed by atoms with Crippen molar-refractivity contribution in [3.05, 3.63) is 86.9 Å². The molecule has 1 unspecified atom stereocenters. The van der Waals surface area contributed by atoms with Crippen molar-refractivity contribution in [3.8, 4) is 11.5 Å². The molecule has 0 spiro atoms. The van der Waals surface area contributed by atoms with Gasteiger partial charge in [0, 0.05) is 6.61 Å². The van der Waals surface area contributed by atoms with E-state index in [1.165, 1.54) is 12.1 Å². The molecular weight excluding hydrogens is 891 g/mol. The first-order valence-electron chi connectivity index (χ1n) is 17.0. The third-order valence-corrected chi connectivity index (χ3v) is 8.15.